The maximum Gasteiger partial charge on any atom is 0.305 e. The fourth-order valence-electron chi connectivity index (χ4n) is 1.46. The first kappa shape index (κ1) is 17.5. The molecular weight excluding hydrogens is 345 g/mol. The van der Waals surface area contributed by atoms with Gasteiger partial charge in [-0.15, -0.1) is 24.0 Å². The number of carbonyl (C=O) groups excluding carboxylic acids is 1. The molecule has 0 aromatic heterocycles. The molecule has 1 fully saturated rings. The van der Waals surface area contributed by atoms with Gasteiger partial charge in [0, 0.05) is 26.6 Å². The maximum atomic E-state index is 11.1. The molecule has 18 heavy (non-hydrogen) atoms. The summed E-state index contributed by atoms with van der Waals surface area (Å²) in [4.78, 5) is 15.2. The summed E-state index contributed by atoms with van der Waals surface area (Å²) >= 11 is 0. The standard InChI is InChI=1S/C12H23N3O2.HI/c1-3-17-11(16)5-4-8-14-12(13-2)15-9-10-6-7-10;/h10H,3-9H2,1-2H3,(H2,13,14,15);1H. The Morgan fingerprint density at radius 2 is 2.11 bits per heavy atom. The normalized spacial score (nSPS) is 14.7. The van der Waals surface area contributed by atoms with Crippen LogP contribution in [0.2, 0.25) is 0 Å². The smallest absolute Gasteiger partial charge is 0.305 e. The summed E-state index contributed by atoms with van der Waals surface area (Å²) in [6, 6.07) is 0. The highest BCUT2D eigenvalue weighted by Gasteiger charge is 2.20. The summed E-state index contributed by atoms with van der Waals surface area (Å²) in [5.41, 5.74) is 0. The maximum absolute atomic E-state index is 11.1. The molecule has 0 heterocycles. The first-order chi connectivity index (χ1) is 8.26. The first-order valence-electron chi connectivity index (χ1n) is 6.36. The molecule has 5 nitrogen and oxygen atoms in total. The van der Waals surface area contributed by atoms with E-state index in [4.69, 9.17) is 4.74 Å². The van der Waals surface area contributed by atoms with E-state index in [1.165, 1.54) is 12.8 Å². The molecule has 1 rings (SSSR count). The van der Waals surface area contributed by atoms with Gasteiger partial charge in [-0.2, -0.15) is 0 Å². The van der Waals surface area contributed by atoms with Gasteiger partial charge in [0.25, 0.3) is 0 Å². The lowest BCUT2D eigenvalue weighted by Gasteiger charge is -2.11. The van der Waals surface area contributed by atoms with E-state index in [9.17, 15) is 4.79 Å². The van der Waals surface area contributed by atoms with Gasteiger partial charge in [-0.25, -0.2) is 0 Å². The van der Waals surface area contributed by atoms with Crippen molar-refractivity contribution in [2.75, 3.05) is 26.7 Å². The van der Waals surface area contributed by atoms with Crippen molar-refractivity contribution in [3.8, 4) is 0 Å². The summed E-state index contributed by atoms with van der Waals surface area (Å²) in [5.74, 6) is 1.52. The molecular formula is C12H24IN3O2. The van der Waals surface area contributed by atoms with Crippen molar-refractivity contribution < 1.29 is 9.53 Å². The Balaban J connectivity index is 0.00000289. The fourth-order valence-corrected chi connectivity index (χ4v) is 1.46. The Morgan fingerprint density at radius 1 is 1.39 bits per heavy atom. The Bertz CT molecular complexity index is 268. The SMILES string of the molecule is CCOC(=O)CCCNC(=NC)NCC1CC1.I. The van der Waals surface area contributed by atoms with Gasteiger partial charge in [0.05, 0.1) is 6.61 Å². The molecule has 0 aromatic rings. The molecule has 0 unspecified atom stereocenters. The van der Waals surface area contributed by atoms with E-state index in [0.29, 0.717) is 13.0 Å². The van der Waals surface area contributed by atoms with E-state index in [0.717, 1.165) is 31.4 Å². The van der Waals surface area contributed by atoms with Gasteiger partial charge >= 0.3 is 5.97 Å². The Hall–Kier alpha value is -0.530. The molecule has 0 atom stereocenters. The minimum absolute atomic E-state index is 0. The number of esters is 1. The number of nitrogens with one attached hydrogen (secondary N) is 2. The second kappa shape index (κ2) is 10.4. The van der Waals surface area contributed by atoms with Gasteiger partial charge in [0.1, 0.15) is 0 Å². The van der Waals surface area contributed by atoms with Gasteiger partial charge in [-0.1, -0.05) is 0 Å². The number of aliphatic imine (C=N–C) groups is 1. The summed E-state index contributed by atoms with van der Waals surface area (Å²) in [7, 11) is 1.76. The van der Waals surface area contributed by atoms with Crippen LogP contribution in [0.5, 0.6) is 0 Å². The lowest BCUT2D eigenvalue weighted by atomic mass is 10.3. The van der Waals surface area contributed by atoms with Crippen molar-refractivity contribution in [1.82, 2.24) is 10.6 Å². The minimum Gasteiger partial charge on any atom is -0.466 e. The molecule has 1 aliphatic carbocycles. The van der Waals surface area contributed by atoms with Crippen molar-refractivity contribution >= 4 is 35.9 Å². The molecule has 0 amide bonds. The summed E-state index contributed by atoms with van der Waals surface area (Å²) in [5, 5.41) is 6.45. The third-order valence-electron chi connectivity index (χ3n) is 2.63. The molecule has 1 aliphatic rings. The average Bonchev–Trinajstić information content (AvgIpc) is 3.12. The van der Waals surface area contributed by atoms with Crippen LogP contribution >= 0.6 is 24.0 Å². The zero-order chi connectivity index (χ0) is 12.5. The summed E-state index contributed by atoms with van der Waals surface area (Å²) < 4.78 is 4.85. The van der Waals surface area contributed by atoms with Crippen LogP contribution in [0.15, 0.2) is 4.99 Å². The van der Waals surface area contributed by atoms with Gasteiger partial charge in [-0.3, -0.25) is 9.79 Å². The van der Waals surface area contributed by atoms with E-state index < -0.39 is 0 Å². The van der Waals surface area contributed by atoms with Crippen LogP contribution < -0.4 is 10.6 Å². The van der Waals surface area contributed by atoms with E-state index in [-0.39, 0.29) is 29.9 Å². The molecule has 0 saturated heterocycles. The monoisotopic (exact) mass is 369 g/mol. The lowest BCUT2D eigenvalue weighted by molar-refractivity contribution is -0.143. The summed E-state index contributed by atoms with van der Waals surface area (Å²) in [6.07, 6.45) is 3.88. The van der Waals surface area contributed by atoms with Crippen molar-refractivity contribution in [2.45, 2.75) is 32.6 Å². The Kier molecular flexibility index (Phi) is 10.1. The molecule has 2 N–H and O–H groups in total. The molecule has 0 spiro atoms. The number of hydrogen-bond donors (Lipinski definition) is 2. The zero-order valence-electron chi connectivity index (χ0n) is 11.2. The van der Waals surface area contributed by atoms with Gasteiger partial charge < -0.3 is 15.4 Å². The largest absolute Gasteiger partial charge is 0.466 e. The van der Waals surface area contributed by atoms with Crippen LogP contribution in [0, 0.1) is 5.92 Å². The highest BCUT2D eigenvalue weighted by Crippen LogP contribution is 2.27. The van der Waals surface area contributed by atoms with Crippen LogP contribution in [0.25, 0.3) is 0 Å². The van der Waals surface area contributed by atoms with Gasteiger partial charge in [0.2, 0.25) is 0 Å². The molecule has 1 saturated carbocycles. The van der Waals surface area contributed by atoms with Crippen LogP contribution in [-0.2, 0) is 9.53 Å². The number of carbonyl (C=O) groups is 1. The van der Waals surface area contributed by atoms with Crippen molar-refractivity contribution in [2.24, 2.45) is 10.9 Å². The highest BCUT2D eigenvalue weighted by molar-refractivity contribution is 14.0. The second-order valence-electron chi connectivity index (χ2n) is 4.23. The predicted octanol–water partition coefficient (Wildman–Crippen LogP) is 1.52. The fraction of sp³-hybridized carbons (Fsp3) is 0.833. The van der Waals surface area contributed by atoms with Crippen LogP contribution in [-0.4, -0.2) is 38.7 Å². The average molecular weight is 369 g/mol. The Labute approximate surface area is 126 Å². The first-order valence-corrected chi connectivity index (χ1v) is 6.36. The number of rotatable bonds is 7. The van der Waals surface area contributed by atoms with E-state index in [1.807, 2.05) is 6.92 Å². The number of halogens is 1. The summed E-state index contributed by atoms with van der Waals surface area (Å²) in [6.45, 7) is 4.01. The van der Waals surface area contributed by atoms with Gasteiger partial charge in [-0.05, 0) is 32.1 Å². The van der Waals surface area contributed by atoms with Gasteiger partial charge in [0.15, 0.2) is 5.96 Å². The highest BCUT2D eigenvalue weighted by atomic mass is 127. The van der Waals surface area contributed by atoms with E-state index >= 15 is 0 Å². The van der Waals surface area contributed by atoms with Crippen LogP contribution in [0.1, 0.15) is 32.6 Å². The van der Waals surface area contributed by atoms with E-state index in [2.05, 4.69) is 15.6 Å². The lowest BCUT2D eigenvalue weighted by Crippen LogP contribution is -2.38. The minimum atomic E-state index is -0.129. The Morgan fingerprint density at radius 3 is 2.67 bits per heavy atom. The topological polar surface area (TPSA) is 62.7 Å². The second-order valence-corrected chi connectivity index (χ2v) is 4.23. The number of ether oxygens (including phenoxy) is 1. The number of guanidine groups is 1. The van der Waals surface area contributed by atoms with Crippen LogP contribution in [0.4, 0.5) is 0 Å². The predicted molar refractivity (Wildman–Crippen MR) is 83.4 cm³/mol. The molecule has 0 bridgehead atoms. The van der Waals surface area contributed by atoms with E-state index in [1.54, 1.807) is 7.05 Å². The van der Waals surface area contributed by atoms with Crippen molar-refractivity contribution in [3.05, 3.63) is 0 Å². The molecule has 6 heteroatoms. The van der Waals surface area contributed by atoms with Crippen molar-refractivity contribution in [3.63, 3.8) is 0 Å². The van der Waals surface area contributed by atoms with Crippen molar-refractivity contribution in [1.29, 1.82) is 0 Å². The molecule has 0 radical (unpaired) electrons. The van der Waals surface area contributed by atoms with Crippen LogP contribution in [0.3, 0.4) is 0 Å². The number of hydrogen-bond acceptors (Lipinski definition) is 3. The quantitative estimate of drug-likeness (QED) is 0.235. The molecule has 0 aromatic carbocycles. The number of nitrogens with zero attached hydrogens (tertiary/aromatic N) is 1. The molecule has 0 aliphatic heterocycles. The molecule has 106 valence electrons. The zero-order valence-corrected chi connectivity index (χ0v) is 13.5. The third kappa shape index (κ3) is 8.54. The third-order valence-corrected chi connectivity index (χ3v) is 2.63.